The van der Waals surface area contributed by atoms with Crippen molar-refractivity contribution in [3.63, 3.8) is 0 Å². The number of para-hydroxylation sites is 1. The lowest BCUT2D eigenvalue weighted by Crippen LogP contribution is -2.17. The van der Waals surface area contributed by atoms with Crippen LogP contribution in [0.3, 0.4) is 0 Å². The van der Waals surface area contributed by atoms with Crippen molar-refractivity contribution < 1.29 is 4.42 Å². The highest BCUT2D eigenvalue weighted by atomic mass is 32.3. The van der Waals surface area contributed by atoms with E-state index < -0.39 is 10.0 Å². The first kappa shape index (κ1) is 39.6. The number of benzene rings is 2. The van der Waals surface area contributed by atoms with Crippen LogP contribution in [0.25, 0.3) is 17.0 Å². The van der Waals surface area contributed by atoms with Gasteiger partial charge in [0.05, 0.1) is 0 Å². The predicted octanol–water partition coefficient (Wildman–Crippen LogP) is 13.0. The van der Waals surface area contributed by atoms with Gasteiger partial charge in [-0.2, -0.15) is 10.0 Å². The molecule has 0 saturated carbocycles. The normalized spacial score (nSPS) is 15.5. The van der Waals surface area contributed by atoms with Crippen LogP contribution >= 0.6 is 10.0 Å². The highest BCUT2D eigenvalue weighted by Crippen LogP contribution is 2.56. The van der Waals surface area contributed by atoms with E-state index in [0.717, 1.165) is 46.5 Å². The fourth-order valence-electron chi connectivity index (χ4n) is 4.28. The maximum atomic E-state index is 6.04. The molecule has 244 valence electrons. The molecule has 3 heteroatoms. The predicted molar refractivity (Wildman–Crippen MR) is 213 cm³/mol. The zero-order valence-corrected chi connectivity index (χ0v) is 30.0. The van der Waals surface area contributed by atoms with Crippen molar-refractivity contribution in [2.24, 2.45) is 0 Å². The first-order chi connectivity index (χ1) is 22.2. The zero-order chi connectivity index (χ0) is 34.4. The number of anilines is 1. The molecular formula is C43H55NOS. The molecule has 4 rings (SSSR count). The SMILES string of the molecule is C=C/C(=C\C=C/C)S(C)(C)c1ccccc1.C=C/C=C\C=C/C.C=C1/C=C\CCN(C)c2oc3ccccc3c2/C=C\C1=C.CC. The van der Waals surface area contributed by atoms with Gasteiger partial charge < -0.3 is 9.32 Å². The number of fused-ring (bicyclic) bond motifs is 3. The van der Waals surface area contributed by atoms with Gasteiger partial charge in [-0.1, -0.05) is 149 Å². The van der Waals surface area contributed by atoms with Crippen LogP contribution in [0.5, 0.6) is 0 Å². The van der Waals surface area contributed by atoms with E-state index in [2.05, 4.69) is 111 Å². The molecule has 1 aliphatic rings. The average Bonchev–Trinajstić information content (AvgIpc) is 3.45. The van der Waals surface area contributed by atoms with Crippen LogP contribution in [0.1, 0.15) is 39.7 Å². The second kappa shape index (κ2) is 22.1. The summed E-state index contributed by atoms with van der Waals surface area (Å²) < 4.78 is 6.04. The standard InChI is InChI=1S/C19H19NO.C15H20S.C7H10.C2H6/c1-14-8-6-7-13-20(3)19-17(12-11-15(14)2)16-9-4-5-10-18(16)21-19;1-5-7-11-14(6-2)16(3,4)15-12-9-8-10-13-15;1-3-5-7-6-4-2;1-2/h4-6,8-12H,1-2,7,13H2,3H3;5-13H,2H2,1,3-4H3;3-7H,1H2,2H3;1-2H3/b8-6-,12-11-;7-5-,14-11+;6-4-,7-5-;. The van der Waals surface area contributed by atoms with Gasteiger partial charge in [0, 0.05) is 24.5 Å². The van der Waals surface area contributed by atoms with E-state index in [1.54, 1.807) is 6.08 Å². The molecule has 0 atom stereocenters. The minimum Gasteiger partial charge on any atom is -0.440 e. The van der Waals surface area contributed by atoms with E-state index >= 15 is 0 Å². The van der Waals surface area contributed by atoms with Crippen molar-refractivity contribution in [3.8, 4) is 0 Å². The summed E-state index contributed by atoms with van der Waals surface area (Å²) in [4.78, 5) is 4.86. The molecule has 0 fully saturated rings. The van der Waals surface area contributed by atoms with Gasteiger partial charge in [-0.3, -0.25) is 0 Å². The molecule has 0 saturated heterocycles. The summed E-state index contributed by atoms with van der Waals surface area (Å²) in [6.45, 7) is 24.5. The third-order valence-corrected chi connectivity index (χ3v) is 9.83. The summed E-state index contributed by atoms with van der Waals surface area (Å²) in [5.41, 5.74) is 3.89. The fraction of sp³-hybridized carbons (Fsp3) is 0.209. The first-order valence-electron chi connectivity index (χ1n) is 15.8. The van der Waals surface area contributed by atoms with E-state index in [-0.39, 0.29) is 0 Å². The van der Waals surface area contributed by atoms with Crippen molar-refractivity contribution >= 4 is 33.0 Å². The van der Waals surface area contributed by atoms with Crippen molar-refractivity contribution in [1.82, 2.24) is 0 Å². The summed E-state index contributed by atoms with van der Waals surface area (Å²) in [7, 11) is 1.13. The second-order valence-corrected chi connectivity index (χ2v) is 14.0. The van der Waals surface area contributed by atoms with Crippen LogP contribution in [0.4, 0.5) is 5.88 Å². The molecule has 0 N–H and O–H groups in total. The zero-order valence-electron chi connectivity index (χ0n) is 29.2. The molecule has 2 aromatic carbocycles. The quantitative estimate of drug-likeness (QED) is 0.251. The Morgan fingerprint density at radius 3 is 2.07 bits per heavy atom. The molecule has 3 aromatic rings. The van der Waals surface area contributed by atoms with Gasteiger partial charge in [-0.05, 0) is 78.0 Å². The molecule has 0 spiro atoms. The van der Waals surface area contributed by atoms with E-state index in [4.69, 9.17) is 4.42 Å². The molecule has 0 amide bonds. The summed E-state index contributed by atoms with van der Waals surface area (Å²) in [5.74, 6) is 0.904. The van der Waals surface area contributed by atoms with Crippen LogP contribution < -0.4 is 4.90 Å². The summed E-state index contributed by atoms with van der Waals surface area (Å²) in [5, 5.41) is 1.13. The van der Waals surface area contributed by atoms with Crippen LogP contribution in [0.2, 0.25) is 0 Å². The van der Waals surface area contributed by atoms with Crippen LogP contribution in [0.15, 0.2) is 179 Å². The fourth-order valence-corrected chi connectivity index (χ4v) is 6.22. The molecule has 0 bridgehead atoms. The van der Waals surface area contributed by atoms with E-state index in [1.807, 2.05) is 94.5 Å². The molecule has 1 aromatic heterocycles. The molecule has 46 heavy (non-hydrogen) atoms. The third kappa shape index (κ3) is 12.5. The summed E-state index contributed by atoms with van der Waals surface area (Å²) in [6.07, 6.45) is 31.6. The molecular weight excluding hydrogens is 579 g/mol. The van der Waals surface area contributed by atoms with Gasteiger partial charge in [0.1, 0.15) is 5.58 Å². The van der Waals surface area contributed by atoms with Crippen LogP contribution in [-0.4, -0.2) is 26.1 Å². The maximum absolute atomic E-state index is 6.04. The summed E-state index contributed by atoms with van der Waals surface area (Å²) >= 11 is 0. The lowest BCUT2D eigenvalue weighted by molar-refractivity contribution is 0.596. The largest absolute Gasteiger partial charge is 0.440 e. The number of rotatable bonds is 6. The molecule has 0 radical (unpaired) electrons. The minimum absolute atomic E-state index is 0.900. The van der Waals surface area contributed by atoms with Gasteiger partial charge in [0.2, 0.25) is 5.88 Å². The average molecular weight is 634 g/mol. The Hall–Kier alpha value is -4.47. The number of allylic oxidation sites excluding steroid dienone is 13. The molecule has 1 aliphatic heterocycles. The van der Waals surface area contributed by atoms with Crippen molar-refractivity contribution in [3.05, 3.63) is 175 Å². The number of hydrogen-bond acceptors (Lipinski definition) is 2. The Balaban J connectivity index is 0.000000375. The van der Waals surface area contributed by atoms with E-state index in [9.17, 15) is 0 Å². The Kier molecular flexibility index (Phi) is 19.0. The highest BCUT2D eigenvalue weighted by Gasteiger charge is 2.17. The van der Waals surface area contributed by atoms with Gasteiger partial charge in [-0.25, -0.2) is 0 Å². The van der Waals surface area contributed by atoms with E-state index in [0.29, 0.717) is 0 Å². The van der Waals surface area contributed by atoms with Crippen LogP contribution in [0, 0.1) is 0 Å². The lowest BCUT2D eigenvalue weighted by Gasteiger charge is -2.33. The Labute approximate surface area is 281 Å². The Morgan fingerprint density at radius 1 is 0.804 bits per heavy atom. The van der Waals surface area contributed by atoms with Gasteiger partial charge in [0.25, 0.3) is 0 Å². The molecule has 0 unspecified atom stereocenters. The Morgan fingerprint density at radius 2 is 1.43 bits per heavy atom. The van der Waals surface area contributed by atoms with Gasteiger partial charge >= 0.3 is 0 Å². The minimum atomic E-state index is -0.932. The number of nitrogens with zero attached hydrogens (tertiary/aromatic N) is 1. The molecule has 0 aliphatic carbocycles. The smallest absolute Gasteiger partial charge is 0.203 e. The number of hydrogen-bond donors (Lipinski definition) is 0. The van der Waals surface area contributed by atoms with Crippen molar-refractivity contribution in [1.29, 1.82) is 0 Å². The van der Waals surface area contributed by atoms with Crippen molar-refractivity contribution in [2.45, 2.75) is 39.0 Å². The van der Waals surface area contributed by atoms with E-state index in [1.165, 1.54) is 9.80 Å². The summed E-state index contributed by atoms with van der Waals surface area (Å²) in [6, 6.07) is 18.8. The van der Waals surface area contributed by atoms with Gasteiger partial charge in [0.15, 0.2) is 0 Å². The molecule has 2 nitrogen and oxygen atoms in total. The molecule has 2 heterocycles. The van der Waals surface area contributed by atoms with Crippen LogP contribution in [-0.2, 0) is 0 Å². The monoisotopic (exact) mass is 633 g/mol. The Bertz CT molecular complexity index is 1570. The topological polar surface area (TPSA) is 16.4 Å². The lowest BCUT2D eigenvalue weighted by atomic mass is 10.1. The number of furan rings is 1. The first-order valence-corrected chi connectivity index (χ1v) is 18.3. The maximum Gasteiger partial charge on any atom is 0.203 e. The van der Waals surface area contributed by atoms with Crippen molar-refractivity contribution in [2.75, 3.05) is 31.0 Å². The second-order valence-electron chi connectivity index (χ2n) is 10.4. The van der Waals surface area contributed by atoms with Gasteiger partial charge in [-0.15, -0.1) is 0 Å². The third-order valence-electron chi connectivity index (χ3n) is 6.90. The highest BCUT2D eigenvalue weighted by molar-refractivity contribution is 8.36.